The highest BCUT2D eigenvalue weighted by molar-refractivity contribution is 6.21. The molecular formula is C30H46O6. The van der Waals surface area contributed by atoms with E-state index in [0.29, 0.717) is 6.42 Å². The zero-order chi connectivity index (χ0) is 27.7. The summed E-state index contributed by atoms with van der Waals surface area (Å²) in [6.07, 6.45) is 5.02. The molecule has 0 amide bonds. The van der Waals surface area contributed by atoms with Crippen molar-refractivity contribution in [1.29, 1.82) is 0 Å². The van der Waals surface area contributed by atoms with Crippen LogP contribution < -0.4 is 0 Å². The molecule has 36 heavy (non-hydrogen) atoms. The summed E-state index contributed by atoms with van der Waals surface area (Å²) >= 11 is 0. The van der Waals surface area contributed by atoms with Crippen molar-refractivity contribution in [2.45, 2.75) is 124 Å². The van der Waals surface area contributed by atoms with E-state index in [1.807, 2.05) is 39.8 Å². The molecule has 0 aromatic carbocycles. The summed E-state index contributed by atoms with van der Waals surface area (Å²) in [5, 5.41) is 23.5. The average Bonchev–Trinajstić information content (AvgIpc) is 2.92. The van der Waals surface area contributed by atoms with Gasteiger partial charge in [-0.1, -0.05) is 37.1 Å². The van der Waals surface area contributed by atoms with E-state index in [2.05, 4.69) is 0 Å². The van der Waals surface area contributed by atoms with Crippen molar-refractivity contribution in [2.24, 2.45) is 22.7 Å². The van der Waals surface area contributed by atoms with Gasteiger partial charge in [-0.3, -0.25) is 14.4 Å². The van der Waals surface area contributed by atoms with Gasteiger partial charge in [-0.15, -0.1) is 0 Å². The van der Waals surface area contributed by atoms with E-state index >= 15 is 0 Å². The summed E-state index contributed by atoms with van der Waals surface area (Å²) in [5.41, 5.74) is -7.48. The second-order valence-electron chi connectivity index (χ2n) is 13.5. The highest BCUT2D eigenvalue weighted by atomic mass is 16.6. The number of hydrogen-bond acceptors (Lipinski definition) is 6. The minimum Gasteiger partial charge on any atom is -0.390 e. The molecule has 6 nitrogen and oxygen atoms in total. The van der Waals surface area contributed by atoms with Gasteiger partial charge in [-0.25, -0.2) is 0 Å². The number of aliphatic hydroxyl groups is 2. The highest BCUT2D eigenvalue weighted by Crippen LogP contribution is 2.75. The fraction of sp³-hybridized carbons (Fsp3) is 0.767. The second kappa shape index (κ2) is 8.71. The van der Waals surface area contributed by atoms with Gasteiger partial charge in [-0.05, 0) is 87.5 Å². The molecule has 2 N–H and O–H groups in total. The molecule has 202 valence electrons. The van der Waals surface area contributed by atoms with Crippen LogP contribution in [0.2, 0.25) is 0 Å². The van der Waals surface area contributed by atoms with E-state index in [0.717, 1.165) is 11.1 Å². The van der Waals surface area contributed by atoms with Crippen LogP contribution in [0.5, 0.6) is 0 Å². The number of allylic oxidation sites excluding steroid dienone is 4. The van der Waals surface area contributed by atoms with Crippen LogP contribution in [0.25, 0.3) is 0 Å². The number of hydrogen-bond donors (Lipinski definition) is 2. The van der Waals surface area contributed by atoms with Gasteiger partial charge in [0.05, 0.1) is 16.4 Å². The van der Waals surface area contributed by atoms with Crippen LogP contribution in [0.1, 0.15) is 101 Å². The van der Waals surface area contributed by atoms with Gasteiger partial charge < -0.3 is 14.9 Å². The molecule has 4 fully saturated rings. The molecule has 4 aliphatic rings. The molecule has 2 saturated heterocycles. The molecular weight excluding hydrogens is 456 g/mol. The number of Topliss-reactive ketones (excluding diaryl/α,β-unsaturated/α-hetero) is 3. The third-order valence-electron chi connectivity index (χ3n) is 9.02. The summed E-state index contributed by atoms with van der Waals surface area (Å²) < 4.78 is 6.65. The fourth-order valence-corrected chi connectivity index (χ4v) is 7.31. The Morgan fingerprint density at radius 3 is 2.11 bits per heavy atom. The molecule has 0 aromatic rings. The smallest absolute Gasteiger partial charge is 0.187 e. The Labute approximate surface area is 216 Å². The predicted molar refractivity (Wildman–Crippen MR) is 139 cm³/mol. The third-order valence-corrected chi connectivity index (χ3v) is 9.02. The van der Waals surface area contributed by atoms with E-state index in [-0.39, 0.29) is 31.5 Å². The highest BCUT2D eigenvalue weighted by Gasteiger charge is 2.92. The lowest BCUT2D eigenvalue weighted by Gasteiger charge is -2.68. The maximum atomic E-state index is 14.6. The van der Waals surface area contributed by atoms with Gasteiger partial charge in [0.15, 0.2) is 28.6 Å². The SMILES string of the molecule is CC(C)=CC[C@H]1C[C@]2(CC=C(C)C)C(=O)[C@]3(CCC(C)(C)O)O[C@@]1(C(=O)C(C)C)[C@@]2(O)C(C)(C)C3=O. The third kappa shape index (κ3) is 3.58. The van der Waals surface area contributed by atoms with Crippen molar-refractivity contribution >= 4 is 17.3 Å². The van der Waals surface area contributed by atoms with Gasteiger partial charge in [0.25, 0.3) is 0 Å². The predicted octanol–water partition coefficient (Wildman–Crippen LogP) is 4.90. The maximum Gasteiger partial charge on any atom is 0.187 e. The van der Waals surface area contributed by atoms with E-state index in [1.165, 1.54) is 0 Å². The molecule has 2 heterocycles. The van der Waals surface area contributed by atoms with Gasteiger partial charge in [0.2, 0.25) is 0 Å². The summed E-state index contributed by atoms with van der Waals surface area (Å²) in [7, 11) is 0. The number of rotatable bonds is 9. The summed E-state index contributed by atoms with van der Waals surface area (Å²) in [6, 6.07) is 0. The quantitative estimate of drug-likeness (QED) is 0.344. The molecule has 2 aliphatic heterocycles. The Bertz CT molecular complexity index is 1020. The molecule has 0 radical (unpaired) electrons. The monoisotopic (exact) mass is 502 g/mol. The summed E-state index contributed by atoms with van der Waals surface area (Å²) in [5.74, 6) is -2.14. The van der Waals surface area contributed by atoms with Crippen molar-refractivity contribution in [1.82, 2.24) is 0 Å². The molecule has 6 heteroatoms. The molecule has 4 rings (SSSR count). The fourth-order valence-electron chi connectivity index (χ4n) is 7.31. The van der Waals surface area contributed by atoms with Gasteiger partial charge in [0.1, 0.15) is 5.60 Å². The van der Waals surface area contributed by atoms with Gasteiger partial charge >= 0.3 is 0 Å². The number of fused-ring (bicyclic) bond motifs is 1. The van der Waals surface area contributed by atoms with Gasteiger partial charge in [-0.2, -0.15) is 0 Å². The first-order valence-corrected chi connectivity index (χ1v) is 13.3. The van der Waals surface area contributed by atoms with Crippen molar-refractivity contribution in [3.8, 4) is 0 Å². The van der Waals surface area contributed by atoms with Crippen molar-refractivity contribution in [3.63, 3.8) is 0 Å². The molecule has 0 aromatic heterocycles. The largest absolute Gasteiger partial charge is 0.390 e. The first-order valence-electron chi connectivity index (χ1n) is 13.3. The van der Waals surface area contributed by atoms with Crippen molar-refractivity contribution in [3.05, 3.63) is 23.3 Å². The Balaban J connectivity index is 2.44. The number of ketones is 3. The zero-order valence-electron chi connectivity index (χ0n) is 23.9. The minimum atomic E-state index is -2.01. The summed E-state index contributed by atoms with van der Waals surface area (Å²) in [6.45, 7) is 18.0. The van der Waals surface area contributed by atoms with Crippen LogP contribution in [0.3, 0.4) is 0 Å². The Hall–Kier alpha value is -1.63. The van der Waals surface area contributed by atoms with Crippen LogP contribution in [0, 0.1) is 22.7 Å². The lowest BCUT2D eigenvalue weighted by atomic mass is 9.42. The molecule has 0 spiro atoms. The Morgan fingerprint density at radius 1 is 1.08 bits per heavy atom. The first kappa shape index (κ1) is 28.9. The van der Waals surface area contributed by atoms with E-state index in [9.17, 15) is 24.6 Å². The zero-order valence-corrected chi connectivity index (χ0v) is 23.9. The average molecular weight is 503 g/mol. The lowest BCUT2D eigenvalue weighted by molar-refractivity contribution is -0.321. The van der Waals surface area contributed by atoms with Crippen LogP contribution in [0.4, 0.5) is 0 Å². The van der Waals surface area contributed by atoms with Gasteiger partial charge in [0, 0.05) is 11.8 Å². The normalized spacial score (nSPS) is 36.9. The van der Waals surface area contributed by atoms with Crippen molar-refractivity contribution < 1.29 is 29.3 Å². The standard InChI is InChI=1S/C30H46O6/c1-18(2)11-12-21-17-27(14-13-19(3)4)24(33)28(16-15-25(7,8)34)23(32)26(9,10)30(27,35)29(21,36-28)22(31)20(5)6/h11,13,20-21,34-35H,12,14-17H2,1-10H3/t21-,27+,28+,29-,30+/m0/s1. The number of carbonyl (C=O) groups excluding carboxylic acids is 3. The summed E-state index contributed by atoms with van der Waals surface area (Å²) in [4.78, 5) is 43.0. The van der Waals surface area contributed by atoms with Crippen LogP contribution in [-0.4, -0.2) is 50.0 Å². The van der Waals surface area contributed by atoms with E-state index in [1.54, 1.807) is 41.5 Å². The number of ether oxygens (including phenoxy) is 1. The topological polar surface area (TPSA) is 101 Å². The van der Waals surface area contributed by atoms with E-state index in [4.69, 9.17) is 4.74 Å². The molecule has 4 bridgehead atoms. The lowest BCUT2D eigenvalue weighted by Crippen LogP contribution is -2.88. The molecule has 0 unspecified atom stereocenters. The Morgan fingerprint density at radius 2 is 1.64 bits per heavy atom. The second-order valence-corrected chi connectivity index (χ2v) is 13.5. The maximum absolute atomic E-state index is 14.6. The van der Waals surface area contributed by atoms with E-state index < -0.39 is 56.6 Å². The molecule has 2 aliphatic carbocycles. The number of carbonyl (C=O) groups is 3. The molecule has 2 saturated carbocycles. The van der Waals surface area contributed by atoms with Crippen LogP contribution in [-0.2, 0) is 19.1 Å². The van der Waals surface area contributed by atoms with Crippen molar-refractivity contribution in [2.75, 3.05) is 0 Å². The Kier molecular flexibility index (Phi) is 7.00. The van der Waals surface area contributed by atoms with Crippen LogP contribution >= 0.6 is 0 Å². The molecule has 5 atom stereocenters. The van der Waals surface area contributed by atoms with Crippen LogP contribution in [0.15, 0.2) is 23.3 Å². The minimum absolute atomic E-state index is 0.0350. The first-order chi connectivity index (χ1) is 16.3.